The van der Waals surface area contributed by atoms with Crippen LogP contribution in [0.1, 0.15) is 18.9 Å². The SMILES string of the molecule is CCC1C(=O)NC(=O)CN1Cc1cc(F)cc(Br)c1. The van der Waals surface area contributed by atoms with E-state index in [0.29, 0.717) is 17.4 Å². The zero-order valence-electron chi connectivity index (χ0n) is 10.5. The van der Waals surface area contributed by atoms with Crippen molar-refractivity contribution in [2.45, 2.75) is 25.9 Å². The van der Waals surface area contributed by atoms with Gasteiger partial charge in [0.2, 0.25) is 11.8 Å². The highest BCUT2D eigenvalue weighted by atomic mass is 79.9. The van der Waals surface area contributed by atoms with Crippen molar-refractivity contribution in [2.75, 3.05) is 6.54 Å². The maximum Gasteiger partial charge on any atom is 0.243 e. The first kappa shape index (κ1) is 14.1. The molecule has 0 radical (unpaired) electrons. The van der Waals surface area contributed by atoms with Crippen LogP contribution in [0.4, 0.5) is 4.39 Å². The fourth-order valence-corrected chi connectivity index (χ4v) is 2.78. The van der Waals surface area contributed by atoms with Gasteiger partial charge in [0.1, 0.15) is 5.82 Å². The van der Waals surface area contributed by atoms with E-state index in [2.05, 4.69) is 21.2 Å². The van der Waals surface area contributed by atoms with Crippen LogP contribution in [0.25, 0.3) is 0 Å². The monoisotopic (exact) mass is 328 g/mol. The second kappa shape index (κ2) is 5.79. The van der Waals surface area contributed by atoms with Gasteiger partial charge < -0.3 is 0 Å². The molecule has 2 rings (SSSR count). The van der Waals surface area contributed by atoms with Crippen molar-refractivity contribution in [1.82, 2.24) is 10.2 Å². The summed E-state index contributed by atoms with van der Waals surface area (Å²) in [4.78, 5) is 24.9. The van der Waals surface area contributed by atoms with Crippen LogP contribution in [0.2, 0.25) is 0 Å². The molecule has 1 aromatic rings. The van der Waals surface area contributed by atoms with Crippen molar-refractivity contribution in [3.05, 3.63) is 34.1 Å². The van der Waals surface area contributed by atoms with Crippen molar-refractivity contribution in [1.29, 1.82) is 0 Å². The maximum absolute atomic E-state index is 13.3. The number of nitrogens with one attached hydrogen (secondary N) is 1. The zero-order valence-corrected chi connectivity index (χ0v) is 12.0. The van der Waals surface area contributed by atoms with Crippen molar-refractivity contribution >= 4 is 27.7 Å². The predicted molar refractivity (Wildman–Crippen MR) is 71.7 cm³/mol. The number of benzene rings is 1. The molecule has 1 N–H and O–H groups in total. The Balaban J connectivity index is 2.19. The van der Waals surface area contributed by atoms with Gasteiger partial charge in [0.25, 0.3) is 0 Å². The number of nitrogens with zero attached hydrogens (tertiary/aromatic N) is 1. The number of piperazine rings is 1. The largest absolute Gasteiger partial charge is 0.294 e. The Morgan fingerprint density at radius 1 is 1.42 bits per heavy atom. The topological polar surface area (TPSA) is 49.4 Å². The lowest BCUT2D eigenvalue weighted by Crippen LogP contribution is -2.57. The summed E-state index contributed by atoms with van der Waals surface area (Å²) in [5.74, 6) is -0.940. The van der Waals surface area contributed by atoms with Crippen molar-refractivity contribution in [3.63, 3.8) is 0 Å². The van der Waals surface area contributed by atoms with Gasteiger partial charge in [0.05, 0.1) is 12.6 Å². The van der Waals surface area contributed by atoms with E-state index >= 15 is 0 Å². The summed E-state index contributed by atoms with van der Waals surface area (Å²) in [7, 11) is 0. The van der Waals surface area contributed by atoms with Gasteiger partial charge in [0, 0.05) is 11.0 Å². The molecule has 1 atom stereocenters. The van der Waals surface area contributed by atoms with Gasteiger partial charge in [0.15, 0.2) is 0 Å². The molecule has 2 amide bonds. The van der Waals surface area contributed by atoms with Gasteiger partial charge in [-0.15, -0.1) is 0 Å². The van der Waals surface area contributed by atoms with E-state index in [1.807, 2.05) is 6.92 Å². The molecule has 1 aromatic carbocycles. The first-order chi connectivity index (χ1) is 8.99. The number of carbonyl (C=O) groups is 2. The molecule has 1 aliphatic heterocycles. The van der Waals surface area contributed by atoms with Crippen LogP contribution in [-0.2, 0) is 16.1 Å². The minimum atomic E-state index is -0.347. The summed E-state index contributed by atoms with van der Waals surface area (Å²) >= 11 is 3.23. The Kier molecular flexibility index (Phi) is 4.31. The second-order valence-corrected chi connectivity index (χ2v) is 5.43. The van der Waals surface area contributed by atoms with Crippen LogP contribution in [0.5, 0.6) is 0 Å². The summed E-state index contributed by atoms with van der Waals surface area (Å²) < 4.78 is 14.0. The Morgan fingerprint density at radius 2 is 2.16 bits per heavy atom. The van der Waals surface area contributed by atoms with Gasteiger partial charge in [-0.3, -0.25) is 19.8 Å². The van der Waals surface area contributed by atoms with Crippen LogP contribution < -0.4 is 5.32 Å². The van der Waals surface area contributed by atoms with E-state index in [9.17, 15) is 14.0 Å². The number of hydrogen-bond acceptors (Lipinski definition) is 3. The summed E-state index contributed by atoms with van der Waals surface area (Å²) in [5, 5.41) is 2.32. The Labute approximate surface area is 119 Å². The minimum absolute atomic E-state index is 0.151. The zero-order chi connectivity index (χ0) is 14.0. The second-order valence-electron chi connectivity index (χ2n) is 4.52. The fraction of sp³-hybridized carbons (Fsp3) is 0.385. The molecule has 0 bridgehead atoms. The molecule has 19 heavy (non-hydrogen) atoms. The predicted octanol–water partition coefficient (Wildman–Crippen LogP) is 1.83. The van der Waals surface area contributed by atoms with Crippen LogP contribution >= 0.6 is 15.9 Å². The van der Waals surface area contributed by atoms with E-state index in [-0.39, 0.29) is 30.2 Å². The Morgan fingerprint density at radius 3 is 2.79 bits per heavy atom. The molecule has 1 heterocycles. The third-order valence-corrected chi connectivity index (χ3v) is 3.51. The molecular weight excluding hydrogens is 315 g/mol. The Bertz CT molecular complexity index is 501. The smallest absolute Gasteiger partial charge is 0.243 e. The third-order valence-electron chi connectivity index (χ3n) is 3.05. The lowest BCUT2D eigenvalue weighted by atomic mass is 10.1. The highest BCUT2D eigenvalue weighted by Gasteiger charge is 2.32. The molecule has 1 fully saturated rings. The molecule has 1 saturated heterocycles. The fourth-order valence-electron chi connectivity index (χ4n) is 2.27. The molecule has 0 spiro atoms. The maximum atomic E-state index is 13.3. The minimum Gasteiger partial charge on any atom is -0.294 e. The van der Waals surface area contributed by atoms with Crippen LogP contribution in [-0.4, -0.2) is 29.3 Å². The number of rotatable bonds is 3. The molecule has 1 aliphatic rings. The molecule has 0 aliphatic carbocycles. The molecule has 1 unspecified atom stereocenters. The molecule has 0 saturated carbocycles. The molecule has 102 valence electrons. The molecular formula is C13H14BrFN2O2. The quantitative estimate of drug-likeness (QED) is 0.861. The number of halogens is 2. The van der Waals surface area contributed by atoms with Crippen molar-refractivity contribution in [2.24, 2.45) is 0 Å². The van der Waals surface area contributed by atoms with E-state index in [1.165, 1.54) is 12.1 Å². The average molecular weight is 329 g/mol. The van der Waals surface area contributed by atoms with Crippen LogP contribution in [0.15, 0.2) is 22.7 Å². The summed E-state index contributed by atoms with van der Waals surface area (Å²) in [6, 6.07) is 4.22. The van der Waals surface area contributed by atoms with Gasteiger partial charge in [-0.1, -0.05) is 22.9 Å². The Hall–Kier alpha value is -1.27. The number of imide groups is 1. The summed E-state index contributed by atoms with van der Waals surface area (Å²) in [5.41, 5.74) is 0.729. The van der Waals surface area contributed by atoms with E-state index < -0.39 is 0 Å². The summed E-state index contributed by atoms with van der Waals surface area (Å²) in [6.07, 6.45) is 0.607. The lowest BCUT2D eigenvalue weighted by molar-refractivity contribution is -0.140. The van der Waals surface area contributed by atoms with Gasteiger partial charge in [-0.05, 0) is 30.2 Å². The normalized spacial score (nSPS) is 20.5. The van der Waals surface area contributed by atoms with Crippen LogP contribution in [0.3, 0.4) is 0 Å². The number of amides is 2. The van der Waals surface area contributed by atoms with Gasteiger partial charge in [-0.25, -0.2) is 4.39 Å². The average Bonchev–Trinajstić information content (AvgIpc) is 2.26. The number of hydrogen-bond donors (Lipinski definition) is 1. The highest BCUT2D eigenvalue weighted by molar-refractivity contribution is 9.10. The third kappa shape index (κ3) is 3.39. The molecule has 6 heteroatoms. The van der Waals surface area contributed by atoms with Crippen LogP contribution in [0, 0.1) is 5.82 Å². The van der Waals surface area contributed by atoms with Crippen molar-refractivity contribution in [3.8, 4) is 0 Å². The number of carbonyl (C=O) groups excluding carboxylic acids is 2. The van der Waals surface area contributed by atoms with Gasteiger partial charge >= 0.3 is 0 Å². The van der Waals surface area contributed by atoms with Crippen molar-refractivity contribution < 1.29 is 14.0 Å². The van der Waals surface area contributed by atoms with E-state index in [0.717, 1.165) is 5.56 Å². The van der Waals surface area contributed by atoms with E-state index in [4.69, 9.17) is 0 Å². The lowest BCUT2D eigenvalue weighted by Gasteiger charge is -2.33. The van der Waals surface area contributed by atoms with E-state index in [1.54, 1.807) is 11.0 Å². The standard InChI is InChI=1S/C13H14BrFN2O2/c1-2-11-13(19)16-12(18)7-17(11)6-8-3-9(14)5-10(15)4-8/h3-5,11H,2,6-7H2,1H3,(H,16,18,19). The summed E-state index contributed by atoms with van der Waals surface area (Å²) in [6.45, 7) is 2.40. The van der Waals surface area contributed by atoms with Gasteiger partial charge in [-0.2, -0.15) is 0 Å². The first-order valence-electron chi connectivity index (χ1n) is 6.02. The molecule has 0 aromatic heterocycles. The molecule has 4 nitrogen and oxygen atoms in total. The first-order valence-corrected chi connectivity index (χ1v) is 6.81. The highest BCUT2D eigenvalue weighted by Crippen LogP contribution is 2.19.